The van der Waals surface area contributed by atoms with Crippen LogP contribution < -0.4 is 0 Å². The standard InChI is InChI=1S/C8H4N2O5/c11-8(12)7-5-3-4(10(13)14)1-2-6(5)15-9-7/h1-3H,(H,11,12). The van der Waals surface area contributed by atoms with Gasteiger partial charge in [-0.25, -0.2) is 4.79 Å². The number of nitro groups is 1. The average molecular weight is 208 g/mol. The minimum absolute atomic E-state index is 0.122. The summed E-state index contributed by atoms with van der Waals surface area (Å²) in [6.45, 7) is 0. The average Bonchev–Trinajstić information content (AvgIpc) is 2.59. The van der Waals surface area contributed by atoms with Crippen molar-refractivity contribution in [2.45, 2.75) is 0 Å². The van der Waals surface area contributed by atoms with E-state index in [1.165, 1.54) is 12.1 Å². The highest BCUT2D eigenvalue weighted by Gasteiger charge is 2.17. The number of nitro benzene ring substituents is 1. The SMILES string of the molecule is O=C(O)c1noc2ccc([N+](=O)[O-])cc12. The minimum Gasteiger partial charge on any atom is -0.476 e. The Bertz CT molecular complexity index is 559. The van der Waals surface area contributed by atoms with Crippen molar-refractivity contribution in [2.75, 3.05) is 0 Å². The van der Waals surface area contributed by atoms with Crippen LogP contribution in [0.4, 0.5) is 5.69 Å². The topological polar surface area (TPSA) is 106 Å². The normalized spacial score (nSPS) is 10.4. The van der Waals surface area contributed by atoms with E-state index in [1.54, 1.807) is 0 Å². The molecular formula is C8H4N2O5. The second-order valence-electron chi connectivity index (χ2n) is 2.77. The molecule has 0 aliphatic heterocycles. The molecule has 1 heterocycles. The van der Waals surface area contributed by atoms with Crippen LogP contribution in [0.25, 0.3) is 11.0 Å². The minimum atomic E-state index is -1.28. The summed E-state index contributed by atoms with van der Waals surface area (Å²) in [5.41, 5.74) is -0.320. The molecule has 0 spiro atoms. The predicted molar refractivity (Wildman–Crippen MR) is 47.6 cm³/mol. The molecule has 0 amide bonds. The van der Waals surface area contributed by atoms with E-state index in [0.717, 1.165) is 6.07 Å². The van der Waals surface area contributed by atoms with Crippen molar-refractivity contribution in [1.82, 2.24) is 5.16 Å². The van der Waals surface area contributed by atoms with E-state index in [9.17, 15) is 14.9 Å². The Morgan fingerprint density at radius 2 is 2.27 bits per heavy atom. The highest BCUT2D eigenvalue weighted by atomic mass is 16.6. The molecule has 0 fully saturated rings. The molecule has 7 heteroatoms. The lowest BCUT2D eigenvalue weighted by molar-refractivity contribution is -0.384. The van der Waals surface area contributed by atoms with Gasteiger partial charge in [0, 0.05) is 12.1 Å². The molecule has 0 saturated carbocycles. The van der Waals surface area contributed by atoms with Gasteiger partial charge in [-0.05, 0) is 6.07 Å². The van der Waals surface area contributed by atoms with Gasteiger partial charge in [-0.15, -0.1) is 0 Å². The van der Waals surface area contributed by atoms with Crippen LogP contribution in [-0.4, -0.2) is 21.2 Å². The van der Waals surface area contributed by atoms with Crippen molar-refractivity contribution in [3.8, 4) is 0 Å². The van der Waals surface area contributed by atoms with Crippen LogP contribution in [0, 0.1) is 10.1 Å². The predicted octanol–water partition coefficient (Wildman–Crippen LogP) is 1.43. The van der Waals surface area contributed by atoms with E-state index in [2.05, 4.69) is 5.16 Å². The number of non-ortho nitro benzene ring substituents is 1. The van der Waals surface area contributed by atoms with Gasteiger partial charge < -0.3 is 9.63 Å². The molecule has 1 aromatic heterocycles. The van der Waals surface area contributed by atoms with Gasteiger partial charge in [-0.3, -0.25) is 10.1 Å². The molecule has 0 atom stereocenters. The zero-order valence-corrected chi connectivity index (χ0v) is 7.21. The van der Waals surface area contributed by atoms with E-state index >= 15 is 0 Å². The first-order chi connectivity index (χ1) is 7.09. The molecule has 0 aliphatic carbocycles. The second-order valence-corrected chi connectivity index (χ2v) is 2.77. The quantitative estimate of drug-likeness (QED) is 0.590. The molecule has 7 nitrogen and oxygen atoms in total. The molecule has 76 valence electrons. The molecule has 0 radical (unpaired) electrons. The number of carboxylic acids is 1. The second kappa shape index (κ2) is 3.05. The molecular weight excluding hydrogens is 204 g/mol. The van der Waals surface area contributed by atoms with Crippen molar-refractivity contribution < 1.29 is 19.3 Å². The van der Waals surface area contributed by atoms with Crippen molar-refractivity contribution in [3.63, 3.8) is 0 Å². The molecule has 1 aromatic carbocycles. The van der Waals surface area contributed by atoms with E-state index in [1.807, 2.05) is 0 Å². The van der Waals surface area contributed by atoms with Crippen LogP contribution in [0.5, 0.6) is 0 Å². The molecule has 0 saturated heterocycles. The summed E-state index contributed by atoms with van der Waals surface area (Å²) in [5.74, 6) is -1.28. The van der Waals surface area contributed by atoms with Gasteiger partial charge in [0.25, 0.3) is 5.69 Å². The summed E-state index contributed by atoms with van der Waals surface area (Å²) in [6.07, 6.45) is 0. The van der Waals surface area contributed by atoms with Crippen LogP contribution in [0.15, 0.2) is 22.7 Å². The van der Waals surface area contributed by atoms with E-state index in [4.69, 9.17) is 9.63 Å². The third kappa shape index (κ3) is 1.39. The van der Waals surface area contributed by atoms with Crippen LogP contribution in [0.2, 0.25) is 0 Å². The van der Waals surface area contributed by atoms with Gasteiger partial charge in [0.2, 0.25) is 0 Å². The van der Waals surface area contributed by atoms with Gasteiger partial charge >= 0.3 is 5.97 Å². The van der Waals surface area contributed by atoms with Crippen LogP contribution in [0.3, 0.4) is 0 Å². The lowest BCUT2D eigenvalue weighted by Gasteiger charge is -1.90. The number of fused-ring (bicyclic) bond motifs is 1. The van der Waals surface area contributed by atoms with Crippen molar-refractivity contribution in [3.05, 3.63) is 34.0 Å². The first-order valence-electron chi connectivity index (χ1n) is 3.86. The Hall–Kier alpha value is -2.44. The summed E-state index contributed by atoms with van der Waals surface area (Å²) in [4.78, 5) is 20.5. The van der Waals surface area contributed by atoms with Crippen LogP contribution in [0.1, 0.15) is 10.5 Å². The summed E-state index contributed by atoms with van der Waals surface area (Å²) < 4.78 is 4.69. The molecule has 1 N–H and O–H groups in total. The summed E-state index contributed by atoms with van der Waals surface area (Å²) in [5, 5.41) is 22.6. The smallest absolute Gasteiger partial charge is 0.358 e. The number of hydrogen-bond donors (Lipinski definition) is 1. The molecule has 15 heavy (non-hydrogen) atoms. The van der Waals surface area contributed by atoms with Crippen LogP contribution in [-0.2, 0) is 0 Å². The summed E-state index contributed by atoms with van der Waals surface area (Å²) in [7, 11) is 0. The Labute approximate surface area is 82.1 Å². The Balaban J connectivity index is 2.72. The fourth-order valence-electron chi connectivity index (χ4n) is 1.19. The lowest BCUT2D eigenvalue weighted by Crippen LogP contribution is -1.96. The Kier molecular flexibility index (Phi) is 1.86. The molecule has 0 aliphatic rings. The molecule has 2 rings (SSSR count). The van der Waals surface area contributed by atoms with Gasteiger partial charge in [0.1, 0.15) is 0 Å². The summed E-state index contributed by atoms with van der Waals surface area (Å²) in [6, 6.07) is 3.65. The van der Waals surface area contributed by atoms with E-state index < -0.39 is 10.9 Å². The van der Waals surface area contributed by atoms with Crippen molar-refractivity contribution in [2.24, 2.45) is 0 Å². The lowest BCUT2D eigenvalue weighted by atomic mass is 10.2. The zero-order chi connectivity index (χ0) is 11.0. The van der Waals surface area contributed by atoms with Gasteiger partial charge in [0.05, 0.1) is 10.3 Å². The van der Waals surface area contributed by atoms with E-state index in [-0.39, 0.29) is 22.4 Å². The number of hydrogen-bond acceptors (Lipinski definition) is 5. The maximum absolute atomic E-state index is 10.7. The number of rotatable bonds is 2. The van der Waals surface area contributed by atoms with Crippen molar-refractivity contribution in [1.29, 1.82) is 0 Å². The number of aromatic nitrogens is 1. The van der Waals surface area contributed by atoms with Gasteiger partial charge in [0.15, 0.2) is 11.3 Å². The zero-order valence-electron chi connectivity index (χ0n) is 7.21. The van der Waals surface area contributed by atoms with Gasteiger partial charge in [-0.2, -0.15) is 0 Å². The fraction of sp³-hybridized carbons (Fsp3) is 0. The highest BCUT2D eigenvalue weighted by molar-refractivity contribution is 6.00. The Morgan fingerprint density at radius 3 is 2.87 bits per heavy atom. The first kappa shape index (κ1) is 9.13. The number of aromatic carboxylic acids is 1. The first-order valence-corrected chi connectivity index (χ1v) is 3.86. The summed E-state index contributed by atoms with van der Waals surface area (Å²) >= 11 is 0. The number of nitrogens with zero attached hydrogens (tertiary/aromatic N) is 2. The molecule has 2 aromatic rings. The van der Waals surface area contributed by atoms with E-state index in [0.29, 0.717) is 0 Å². The maximum atomic E-state index is 10.7. The third-order valence-electron chi connectivity index (χ3n) is 1.87. The van der Waals surface area contributed by atoms with Gasteiger partial charge in [-0.1, -0.05) is 5.16 Å². The third-order valence-corrected chi connectivity index (χ3v) is 1.87. The monoisotopic (exact) mass is 208 g/mol. The Morgan fingerprint density at radius 1 is 1.53 bits per heavy atom. The van der Waals surface area contributed by atoms with Crippen molar-refractivity contribution >= 4 is 22.6 Å². The highest BCUT2D eigenvalue weighted by Crippen LogP contribution is 2.23. The maximum Gasteiger partial charge on any atom is 0.358 e. The van der Waals surface area contributed by atoms with Crippen LogP contribution >= 0.6 is 0 Å². The number of carboxylic acid groups (broad SMARTS) is 1. The number of benzene rings is 1. The molecule has 0 unspecified atom stereocenters. The fourth-order valence-corrected chi connectivity index (χ4v) is 1.19. The largest absolute Gasteiger partial charge is 0.476 e. The molecule has 0 bridgehead atoms. The number of carbonyl (C=O) groups is 1.